The number of furan rings is 1. The number of hydrogen-bond acceptors (Lipinski definition) is 3. The molecule has 0 spiro atoms. The Morgan fingerprint density at radius 2 is 2.29 bits per heavy atom. The van der Waals surface area contributed by atoms with E-state index < -0.39 is 0 Å². The zero-order chi connectivity index (χ0) is 14.8. The smallest absolute Gasteiger partial charge is 0.323 e. The van der Waals surface area contributed by atoms with Crippen molar-refractivity contribution >= 4 is 35.1 Å². The highest BCUT2D eigenvalue weighted by atomic mass is 35.5. The van der Waals surface area contributed by atoms with Crippen molar-refractivity contribution in [2.75, 3.05) is 17.6 Å². The number of anilines is 1. The lowest BCUT2D eigenvalue weighted by Gasteiger charge is -2.22. The van der Waals surface area contributed by atoms with Gasteiger partial charge in [-0.1, -0.05) is 17.7 Å². The minimum atomic E-state index is -0.138. The van der Waals surface area contributed by atoms with Crippen LogP contribution in [0, 0.1) is 6.92 Å². The Morgan fingerprint density at radius 1 is 1.43 bits per heavy atom. The third-order valence-electron chi connectivity index (χ3n) is 3.23. The normalized spacial score (nSPS) is 18.0. The monoisotopic (exact) mass is 322 g/mol. The molecular weight excluding hydrogens is 308 g/mol. The molecule has 0 bridgehead atoms. The van der Waals surface area contributed by atoms with Crippen LogP contribution in [0.2, 0.25) is 5.02 Å². The zero-order valence-corrected chi connectivity index (χ0v) is 13.1. The first kappa shape index (κ1) is 14.4. The maximum atomic E-state index is 12.4. The molecule has 0 saturated carbocycles. The summed E-state index contributed by atoms with van der Waals surface area (Å²) in [5.74, 6) is 2.57. The van der Waals surface area contributed by atoms with Gasteiger partial charge < -0.3 is 14.6 Å². The number of nitrogens with one attached hydrogen (secondary N) is 1. The summed E-state index contributed by atoms with van der Waals surface area (Å²) in [6, 6.07) is 10.8. The van der Waals surface area contributed by atoms with Gasteiger partial charge in [0.05, 0.1) is 0 Å². The number of halogens is 1. The first-order valence-corrected chi connectivity index (χ1v) is 8.07. The average Bonchev–Trinajstić information content (AvgIpc) is 3.06. The van der Waals surface area contributed by atoms with Crippen LogP contribution < -0.4 is 5.32 Å². The van der Waals surface area contributed by atoms with Crippen molar-refractivity contribution in [3.05, 3.63) is 52.9 Å². The van der Waals surface area contributed by atoms with Crippen LogP contribution in [-0.2, 0) is 0 Å². The molecule has 0 aliphatic carbocycles. The Morgan fingerprint density at radius 3 is 3.00 bits per heavy atom. The summed E-state index contributed by atoms with van der Waals surface area (Å²) in [7, 11) is 0. The van der Waals surface area contributed by atoms with Crippen LogP contribution in [0.5, 0.6) is 0 Å². The van der Waals surface area contributed by atoms with Gasteiger partial charge in [0.1, 0.15) is 16.9 Å². The lowest BCUT2D eigenvalue weighted by atomic mass is 10.3. The molecule has 6 heteroatoms. The highest BCUT2D eigenvalue weighted by molar-refractivity contribution is 7.99. The summed E-state index contributed by atoms with van der Waals surface area (Å²) in [5.41, 5.74) is 0.693. The molecule has 1 aromatic heterocycles. The van der Waals surface area contributed by atoms with Gasteiger partial charge in [-0.15, -0.1) is 11.8 Å². The molecule has 21 heavy (non-hydrogen) atoms. The predicted molar refractivity (Wildman–Crippen MR) is 85.8 cm³/mol. The van der Waals surface area contributed by atoms with Gasteiger partial charge in [-0.2, -0.15) is 0 Å². The number of aryl methyl sites for hydroxylation is 1. The Balaban J connectivity index is 1.74. The van der Waals surface area contributed by atoms with Gasteiger partial charge in [0, 0.05) is 23.0 Å². The summed E-state index contributed by atoms with van der Waals surface area (Å²) in [6.45, 7) is 2.60. The van der Waals surface area contributed by atoms with Crippen molar-refractivity contribution in [1.29, 1.82) is 0 Å². The first-order chi connectivity index (χ1) is 10.1. The molecule has 2 heterocycles. The van der Waals surface area contributed by atoms with Crippen molar-refractivity contribution in [2.24, 2.45) is 0 Å². The summed E-state index contributed by atoms with van der Waals surface area (Å²) in [5, 5.41) is 3.41. The fraction of sp³-hybridized carbons (Fsp3) is 0.267. The number of urea groups is 1. The Bertz CT molecular complexity index is 659. The molecule has 1 unspecified atom stereocenters. The topological polar surface area (TPSA) is 45.5 Å². The van der Waals surface area contributed by atoms with Crippen LogP contribution >= 0.6 is 23.4 Å². The van der Waals surface area contributed by atoms with E-state index in [9.17, 15) is 4.79 Å². The van der Waals surface area contributed by atoms with Crippen LogP contribution in [0.15, 0.2) is 40.8 Å². The molecule has 1 aromatic carbocycles. The molecule has 1 atom stereocenters. The van der Waals surface area contributed by atoms with E-state index in [0.29, 0.717) is 17.3 Å². The summed E-state index contributed by atoms with van der Waals surface area (Å²) < 4.78 is 5.65. The lowest BCUT2D eigenvalue weighted by Crippen LogP contribution is -2.34. The molecule has 1 N–H and O–H groups in total. The van der Waals surface area contributed by atoms with Crippen molar-refractivity contribution < 1.29 is 9.21 Å². The second-order valence-electron chi connectivity index (χ2n) is 4.81. The number of rotatable bonds is 2. The summed E-state index contributed by atoms with van der Waals surface area (Å²) >= 11 is 7.64. The van der Waals surface area contributed by atoms with Crippen molar-refractivity contribution in [3.63, 3.8) is 0 Å². The van der Waals surface area contributed by atoms with E-state index >= 15 is 0 Å². The van der Waals surface area contributed by atoms with Gasteiger partial charge in [-0.3, -0.25) is 0 Å². The van der Waals surface area contributed by atoms with E-state index in [1.807, 2.05) is 31.2 Å². The standard InChI is InChI=1S/C15H15ClN2O2S/c1-10-5-6-13(20-10)14-18(7-8-21-14)15(19)17-12-4-2-3-11(16)9-12/h2-6,9,14H,7-8H2,1H3,(H,17,19). The summed E-state index contributed by atoms with van der Waals surface area (Å²) in [4.78, 5) is 14.2. The Labute approximate surface area is 132 Å². The van der Waals surface area contributed by atoms with Crippen molar-refractivity contribution in [1.82, 2.24) is 4.90 Å². The van der Waals surface area contributed by atoms with Gasteiger partial charge >= 0.3 is 6.03 Å². The number of carbonyl (C=O) groups is 1. The van der Waals surface area contributed by atoms with Gasteiger partial charge in [-0.25, -0.2) is 4.79 Å². The number of hydrogen-bond donors (Lipinski definition) is 1. The van der Waals surface area contributed by atoms with E-state index in [1.54, 1.807) is 28.8 Å². The van der Waals surface area contributed by atoms with E-state index in [2.05, 4.69) is 5.32 Å². The van der Waals surface area contributed by atoms with Crippen LogP contribution in [-0.4, -0.2) is 23.2 Å². The molecule has 1 fully saturated rings. The number of thioether (sulfide) groups is 1. The van der Waals surface area contributed by atoms with Crippen LogP contribution in [0.3, 0.4) is 0 Å². The van der Waals surface area contributed by atoms with Crippen molar-refractivity contribution in [3.8, 4) is 0 Å². The Kier molecular flexibility index (Phi) is 4.12. The molecule has 110 valence electrons. The lowest BCUT2D eigenvalue weighted by molar-refractivity contribution is 0.209. The van der Waals surface area contributed by atoms with Crippen LogP contribution in [0.4, 0.5) is 10.5 Å². The number of nitrogens with zero attached hydrogens (tertiary/aromatic N) is 1. The van der Waals surface area contributed by atoms with Crippen LogP contribution in [0.25, 0.3) is 0 Å². The Hall–Kier alpha value is -1.59. The highest BCUT2D eigenvalue weighted by Crippen LogP contribution is 2.38. The third-order valence-corrected chi connectivity index (χ3v) is 4.69. The molecule has 3 rings (SSSR count). The largest absolute Gasteiger partial charge is 0.463 e. The van der Waals surface area contributed by atoms with Gasteiger partial charge in [0.25, 0.3) is 0 Å². The van der Waals surface area contributed by atoms with Gasteiger partial charge in [0.2, 0.25) is 0 Å². The highest BCUT2D eigenvalue weighted by Gasteiger charge is 2.32. The first-order valence-electron chi connectivity index (χ1n) is 6.64. The second kappa shape index (κ2) is 6.03. The molecule has 2 aromatic rings. The maximum absolute atomic E-state index is 12.4. The molecule has 2 amide bonds. The number of amides is 2. The zero-order valence-electron chi connectivity index (χ0n) is 11.5. The van der Waals surface area contributed by atoms with Crippen molar-refractivity contribution in [2.45, 2.75) is 12.3 Å². The van der Waals surface area contributed by atoms with Gasteiger partial charge in [0.15, 0.2) is 0 Å². The molecular formula is C15H15ClN2O2S. The van der Waals surface area contributed by atoms with E-state index in [4.69, 9.17) is 16.0 Å². The van der Waals surface area contributed by atoms with E-state index in [0.717, 1.165) is 17.3 Å². The van der Waals surface area contributed by atoms with E-state index in [-0.39, 0.29) is 11.4 Å². The SMILES string of the molecule is Cc1ccc(C2SCCN2C(=O)Nc2cccc(Cl)c2)o1. The number of carbonyl (C=O) groups excluding carboxylic acids is 1. The predicted octanol–water partition coefficient (Wildman–Crippen LogP) is 4.52. The second-order valence-corrected chi connectivity index (χ2v) is 6.43. The third kappa shape index (κ3) is 3.19. The molecule has 1 aliphatic heterocycles. The minimum absolute atomic E-state index is 0.0714. The maximum Gasteiger partial charge on any atom is 0.323 e. The average molecular weight is 323 g/mol. The fourth-order valence-electron chi connectivity index (χ4n) is 2.26. The fourth-order valence-corrected chi connectivity index (χ4v) is 3.65. The minimum Gasteiger partial charge on any atom is -0.463 e. The molecule has 4 nitrogen and oxygen atoms in total. The molecule has 0 radical (unpaired) electrons. The quantitative estimate of drug-likeness (QED) is 0.884. The number of benzene rings is 1. The van der Waals surface area contributed by atoms with Gasteiger partial charge in [-0.05, 0) is 37.3 Å². The molecule has 1 aliphatic rings. The molecule has 1 saturated heterocycles. The van der Waals surface area contributed by atoms with E-state index in [1.165, 1.54) is 0 Å². The summed E-state index contributed by atoms with van der Waals surface area (Å²) in [6.07, 6.45) is 0. The van der Waals surface area contributed by atoms with Crippen LogP contribution in [0.1, 0.15) is 16.9 Å².